The smallest absolute Gasteiger partial charge is 0.191 e. The monoisotopic (exact) mass is 314 g/mol. The number of rotatable bonds is 6. The van der Waals surface area contributed by atoms with Gasteiger partial charge in [-0.15, -0.1) is 10.2 Å². The lowest BCUT2D eigenvalue weighted by Crippen LogP contribution is -1.97. The lowest BCUT2D eigenvalue weighted by Gasteiger charge is -1.96. The van der Waals surface area contributed by atoms with Gasteiger partial charge in [-0.1, -0.05) is 26.7 Å². The first-order chi connectivity index (χ1) is 11.0. The summed E-state index contributed by atoms with van der Waals surface area (Å²) in [5, 5.41) is 26.6. The quantitative estimate of drug-likeness (QED) is 0.826. The summed E-state index contributed by atoms with van der Waals surface area (Å²) < 4.78 is 3.18. The zero-order chi connectivity index (χ0) is 17.0. The maximum absolute atomic E-state index is 9.39. The number of nitrogen functional groups attached to an aromatic ring is 1. The van der Waals surface area contributed by atoms with Crippen LogP contribution in [0.15, 0.2) is 10.2 Å². The van der Waals surface area contributed by atoms with Crippen LogP contribution in [0, 0.1) is 11.3 Å². The van der Waals surface area contributed by atoms with Crippen molar-refractivity contribution >= 4 is 17.3 Å². The van der Waals surface area contributed by atoms with Crippen LogP contribution < -0.4 is 5.73 Å². The van der Waals surface area contributed by atoms with Crippen LogP contribution in [-0.2, 0) is 26.9 Å². The fourth-order valence-electron chi connectivity index (χ4n) is 2.41. The summed E-state index contributed by atoms with van der Waals surface area (Å²) >= 11 is 0. The molecular formula is C15H22N8. The normalized spacial score (nSPS) is 11.3. The lowest BCUT2D eigenvalue weighted by molar-refractivity contribution is 0.731. The minimum absolute atomic E-state index is 0.446. The van der Waals surface area contributed by atoms with Crippen LogP contribution >= 0.6 is 0 Å². The molecule has 0 aliphatic heterocycles. The van der Waals surface area contributed by atoms with Gasteiger partial charge in [-0.25, -0.2) is 4.68 Å². The molecule has 0 aliphatic carbocycles. The Morgan fingerprint density at radius 1 is 1.04 bits per heavy atom. The number of nitriles is 1. The number of azo groups is 1. The number of hydrogen-bond donors (Lipinski definition) is 1. The summed E-state index contributed by atoms with van der Waals surface area (Å²) in [5.41, 5.74) is 8.62. The molecule has 2 aromatic rings. The molecule has 8 nitrogen and oxygen atoms in total. The van der Waals surface area contributed by atoms with Crippen LogP contribution in [0.3, 0.4) is 0 Å². The molecule has 0 saturated heterocycles. The fraction of sp³-hybridized carbons (Fsp3) is 0.533. The molecule has 122 valence electrons. The Morgan fingerprint density at radius 3 is 2.26 bits per heavy atom. The topological polar surface area (TPSA) is 110 Å². The highest BCUT2D eigenvalue weighted by Gasteiger charge is 2.17. The van der Waals surface area contributed by atoms with E-state index in [1.54, 1.807) is 23.5 Å². The second-order valence-corrected chi connectivity index (χ2v) is 5.38. The van der Waals surface area contributed by atoms with Crippen LogP contribution in [0.4, 0.5) is 17.3 Å². The van der Waals surface area contributed by atoms with E-state index in [1.165, 1.54) is 0 Å². The van der Waals surface area contributed by atoms with Crippen LogP contribution in [0.2, 0.25) is 0 Å². The van der Waals surface area contributed by atoms with Crippen LogP contribution in [0.5, 0.6) is 0 Å². The molecule has 2 N–H and O–H groups in total. The van der Waals surface area contributed by atoms with E-state index in [0.29, 0.717) is 22.9 Å². The Morgan fingerprint density at radius 2 is 1.65 bits per heavy atom. The standard InChI is InChI=1S/C15H22N8/c1-5-7-11-10(9-16)15(23(4)20-11)19-18-13-12(8-6-2)21-22(3)14(13)17/h5-8,17H2,1-4H3/b19-18+. The largest absolute Gasteiger partial charge is 0.382 e. The van der Waals surface area contributed by atoms with E-state index in [2.05, 4.69) is 33.4 Å². The Balaban J connectivity index is 2.44. The molecule has 0 atom stereocenters. The maximum Gasteiger partial charge on any atom is 0.191 e. The Hall–Kier alpha value is -2.69. The third-order valence-electron chi connectivity index (χ3n) is 3.55. The fourth-order valence-corrected chi connectivity index (χ4v) is 2.41. The van der Waals surface area contributed by atoms with E-state index >= 15 is 0 Å². The van der Waals surface area contributed by atoms with Gasteiger partial charge < -0.3 is 5.73 Å². The van der Waals surface area contributed by atoms with E-state index in [4.69, 9.17) is 5.73 Å². The van der Waals surface area contributed by atoms with E-state index in [0.717, 1.165) is 37.1 Å². The molecule has 8 heteroatoms. The van der Waals surface area contributed by atoms with Crippen LogP contribution in [0.1, 0.15) is 43.6 Å². The third kappa shape index (κ3) is 3.23. The van der Waals surface area contributed by atoms with E-state index in [-0.39, 0.29) is 0 Å². The van der Waals surface area contributed by atoms with Gasteiger partial charge in [0.2, 0.25) is 0 Å². The summed E-state index contributed by atoms with van der Waals surface area (Å²) in [6, 6.07) is 2.18. The highest BCUT2D eigenvalue weighted by atomic mass is 15.4. The van der Waals surface area contributed by atoms with E-state index in [1.807, 2.05) is 6.92 Å². The average molecular weight is 314 g/mol. The Kier molecular flexibility index (Phi) is 5.11. The van der Waals surface area contributed by atoms with Crippen molar-refractivity contribution in [3.8, 4) is 6.07 Å². The average Bonchev–Trinajstić information content (AvgIpc) is 2.95. The second kappa shape index (κ2) is 7.05. The van der Waals surface area contributed by atoms with Gasteiger partial charge in [0.15, 0.2) is 11.5 Å². The molecule has 0 saturated carbocycles. The number of nitrogens with zero attached hydrogens (tertiary/aromatic N) is 7. The molecule has 2 rings (SSSR count). The molecule has 0 unspecified atom stereocenters. The molecule has 0 fully saturated rings. The third-order valence-corrected chi connectivity index (χ3v) is 3.55. The van der Waals surface area contributed by atoms with Crippen molar-refractivity contribution in [3.05, 3.63) is 17.0 Å². The van der Waals surface area contributed by atoms with Crippen LogP contribution in [0.25, 0.3) is 0 Å². The van der Waals surface area contributed by atoms with Gasteiger partial charge in [0, 0.05) is 14.1 Å². The number of nitrogens with two attached hydrogens (primary N) is 1. The summed E-state index contributed by atoms with van der Waals surface area (Å²) in [5.74, 6) is 0.910. The highest BCUT2D eigenvalue weighted by Crippen LogP contribution is 2.30. The van der Waals surface area contributed by atoms with Gasteiger partial charge >= 0.3 is 0 Å². The maximum atomic E-state index is 9.39. The van der Waals surface area contributed by atoms with Crippen molar-refractivity contribution in [2.24, 2.45) is 24.3 Å². The van der Waals surface area contributed by atoms with Crippen molar-refractivity contribution in [1.29, 1.82) is 5.26 Å². The minimum atomic E-state index is 0.446. The zero-order valence-electron chi connectivity index (χ0n) is 14.0. The van der Waals surface area contributed by atoms with Gasteiger partial charge in [0.25, 0.3) is 0 Å². The Bertz CT molecular complexity index is 760. The number of hydrogen-bond acceptors (Lipinski definition) is 6. The first kappa shape index (κ1) is 16.7. The summed E-state index contributed by atoms with van der Waals surface area (Å²) in [6.07, 6.45) is 3.37. The zero-order valence-corrected chi connectivity index (χ0v) is 14.0. The summed E-state index contributed by atoms with van der Waals surface area (Å²) in [7, 11) is 3.53. The van der Waals surface area contributed by atoms with Gasteiger partial charge in [0.1, 0.15) is 17.5 Å². The number of aromatic nitrogens is 4. The van der Waals surface area contributed by atoms with Gasteiger partial charge in [-0.3, -0.25) is 4.68 Å². The minimum Gasteiger partial charge on any atom is -0.382 e. The molecule has 0 bridgehead atoms. The molecule has 0 radical (unpaired) electrons. The molecule has 0 amide bonds. The first-order valence-corrected chi connectivity index (χ1v) is 7.72. The molecule has 0 aromatic carbocycles. The summed E-state index contributed by atoms with van der Waals surface area (Å²) in [6.45, 7) is 4.11. The predicted octanol–water partition coefficient (Wildman–Crippen LogP) is 2.93. The molecule has 2 aromatic heterocycles. The SMILES string of the molecule is CCCc1nn(C)c(/N=N/c2c(CCC)nn(C)c2N)c1C#N. The molecule has 0 spiro atoms. The van der Waals surface area contributed by atoms with Crippen LogP contribution in [-0.4, -0.2) is 19.6 Å². The number of anilines is 1. The predicted molar refractivity (Wildman–Crippen MR) is 87.7 cm³/mol. The highest BCUT2D eigenvalue weighted by molar-refractivity contribution is 5.61. The van der Waals surface area contributed by atoms with Crippen molar-refractivity contribution in [1.82, 2.24) is 19.6 Å². The van der Waals surface area contributed by atoms with Gasteiger partial charge in [0.05, 0.1) is 11.4 Å². The van der Waals surface area contributed by atoms with E-state index < -0.39 is 0 Å². The van der Waals surface area contributed by atoms with E-state index in [9.17, 15) is 5.26 Å². The van der Waals surface area contributed by atoms with Gasteiger partial charge in [-0.05, 0) is 12.8 Å². The molecule has 2 heterocycles. The first-order valence-electron chi connectivity index (χ1n) is 7.72. The summed E-state index contributed by atoms with van der Waals surface area (Å²) in [4.78, 5) is 0. The lowest BCUT2D eigenvalue weighted by atomic mass is 10.2. The Labute approximate surface area is 135 Å². The van der Waals surface area contributed by atoms with Crippen molar-refractivity contribution in [2.45, 2.75) is 39.5 Å². The second-order valence-electron chi connectivity index (χ2n) is 5.38. The molecular weight excluding hydrogens is 292 g/mol. The van der Waals surface area contributed by atoms with Crippen molar-refractivity contribution in [3.63, 3.8) is 0 Å². The van der Waals surface area contributed by atoms with Crippen molar-refractivity contribution < 1.29 is 0 Å². The van der Waals surface area contributed by atoms with Gasteiger partial charge in [-0.2, -0.15) is 15.5 Å². The molecule has 0 aliphatic rings. The van der Waals surface area contributed by atoms with Crippen molar-refractivity contribution in [2.75, 3.05) is 5.73 Å². The number of aryl methyl sites for hydroxylation is 4. The molecule has 23 heavy (non-hydrogen) atoms.